The average molecular weight is 440 g/mol. The molecule has 172 valence electrons. The Balaban J connectivity index is 2.09. The monoisotopic (exact) mass is 439 g/mol. The minimum absolute atomic E-state index is 0.0566. The predicted molar refractivity (Wildman–Crippen MR) is 129 cm³/mol. The summed E-state index contributed by atoms with van der Waals surface area (Å²) in [5, 5.41) is 3.21. The first-order valence-electron chi connectivity index (χ1n) is 11.2. The number of halogens is 2. The molecule has 0 saturated heterocycles. The molecule has 3 rings (SSSR count). The average Bonchev–Trinajstić information content (AvgIpc) is 3.12. The molecule has 0 spiro atoms. The van der Waals surface area contributed by atoms with E-state index in [-0.39, 0.29) is 11.5 Å². The Labute approximate surface area is 191 Å². The van der Waals surface area contributed by atoms with E-state index >= 15 is 0 Å². The fourth-order valence-electron chi connectivity index (χ4n) is 4.51. The highest BCUT2D eigenvalue weighted by atomic mass is 19.1. The van der Waals surface area contributed by atoms with E-state index in [0.717, 1.165) is 31.3 Å². The molecule has 0 fully saturated rings. The summed E-state index contributed by atoms with van der Waals surface area (Å²) in [6.07, 6.45) is 2.99. The maximum absolute atomic E-state index is 14.6. The van der Waals surface area contributed by atoms with Gasteiger partial charge in [-0.05, 0) is 68.8 Å². The van der Waals surface area contributed by atoms with Gasteiger partial charge in [0.05, 0.1) is 6.04 Å². The van der Waals surface area contributed by atoms with Gasteiger partial charge in [-0.3, -0.25) is 4.90 Å². The minimum atomic E-state index is -0.435. The summed E-state index contributed by atoms with van der Waals surface area (Å²) in [7, 11) is 4.11. The van der Waals surface area contributed by atoms with Gasteiger partial charge in [0, 0.05) is 29.6 Å². The lowest BCUT2D eigenvalue weighted by Crippen LogP contribution is -2.37. The molecular formula is C27H35F2N3. The molecule has 1 atom stereocenters. The Morgan fingerprint density at radius 3 is 2.41 bits per heavy atom. The Morgan fingerprint density at radius 1 is 1.03 bits per heavy atom. The summed E-state index contributed by atoms with van der Waals surface area (Å²) in [6, 6.07) is 16.0. The Hall–Kier alpha value is -2.50. The second-order valence-corrected chi connectivity index (χ2v) is 9.60. The summed E-state index contributed by atoms with van der Waals surface area (Å²) in [6.45, 7) is 9.25. The fraction of sp³-hybridized carbons (Fsp3) is 0.407. The topological polar surface area (TPSA) is 20.2 Å². The minimum Gasteiger partial charge on any atom is -0.345 e. The lowest BCUT2D eigenvalue weighted by atomic mass is 9.83. The molecule has 0 aliphatic carbocycles. The van der Waals surface area contributed by atoms with Crippen LogP contribution in [0.1, 0.15) is 44.5 Å². The van der Waals surface area contributed by atoms with Gasteiger partial charge in [-0.25, -0.2) is 8.78 Å². The highest BCUT2D eigenvalue weighted by molar-refractivity contribution is 5.65. The molecule has 2 aromatic carbocycles. The van der Waals surface area contributed by atoms with Gasteiger partial charge in [0.1, 0.15) is 11.6 Å². The molecule has 3 nitrogen and oxygen atoms in total. The second-order valence-electron chi connectivity index (χ2n) is 9.60. The van der Waals surface area contributed by atoms with Crippen molar-refractivity contribution in [3.63, 3.8) is 0 Å². The van der Waals surface area contributed by atoms with Gasteiger partial charge < -0.3 is 9.88 Å². The van der Waals surface area contributed by atoms with Crippen molar-refractivity contribution < 1.29 is 8.78 Å². The molecular weight excluding hydrogens is 404 g/mol. The van der Waals surface area contributed by atoms with E-state index in [0.29, 0.717) is 17.7 Å². The van der Waals surface area contributed by atoms with Crippen molar-refractivity contribution in [2.75, 3.05) is 27.2 Å². The fourth-order valence-corrected chi connectivity index (χ4v) is 4.51. The van der Waals surface area contributed by atoms with E-state index in [1.807, 2.05) is 37.5 Å². The van der Waals surface area contributed by atoms with Crippen molar-refractivity contribution in [2.24, 2.45) is 5.41 Å². The van der Waals surface area contributed by atoms with Gasteiger partial charge in [-0.2, -0.15) is 0 Å². The van der Waals surface area contributed by atoms with E-state index in [4.69, 9.17) is 0 Å². The number of hydrogen-bond donors (Lipinski definition) is 1. The molecule has 1 aromatic heterocycles. The Bertz CT molecular complexity index is 1010. The van der Waals surface area contributed by atoms with Crippen molar-refractivity contribution in [3.8, 4) is 11.1 Å². The molecule has 1 unspecified atom stereocenters. The number of benzene rings is 2. The highest BCUT2D eigenvalue weighted by Gasteiger charge is 2.32. The van der Waals surface area contributed by atoms with Gasteiger partial charge in [0.25, 0.3) is 0 Å². The normalized spacial score (nSPS) is 13.0. The maximum Gasteiger partial charge on any atom is 0.131 e. The first kappa shape index (κ1) is 24.1. The van der Waals surface area contributed by atoms with Gasteiger partial charge in [-0.1, -0.05) is 51.1 Å². The summed E-state index contributed by atoms with van der Waals surface area (Å²) in [5.41, 5.74) is 3.21. The zero-order chi connectivity index (χ0) is 23.3. The Morgan fingerprint density at radius 2 is 1.75 bits per heavy atom. The zero-order valence-electron chi connectivity index (χ0n) is 19.8. The van der Waals surface area contributed by atoms with Gasteiger partial charge >= 0.3 is 0 Å². The highest BCUT2D eigenvalue weighted by Crippen LogP contribution is 2.40. The molecule has 0 radical (unpaired) electrons. The van der Waals surface area contributed by atoms with Crippen LogP contribution in [-0.4, -0.2) is 36.7 Å². The third-order valence-electron chi connectivity index (χ3n) is 5.84. The van der Waals surface area contributed by atoms with Crippen LogP contribution in [0.15, 0.2) is 60.8 Å². The van der Waals surface area contributed by atoms with Gasteiger partial charge in [0.15, 0.2) is 0 Å². The van der Waals surface area contributed by atoms with Crippen LogP contribution < -0.4 is 5.32 Å². The van der Waals surface area contributed by atoms with Crippen LogP contribution >= 0.6 is 0 Å². The van der Waals surface area contributed by atoms with Crippen molar-refractivity contribution >= 4 is 0 Å². The summed E-state index contributed by atoms with van der Waals surface area (Å²) >= 11 is 0. The van der Waals surface area contributed by atoms with Gasteiger partial charge in [-0.15, -0.1) is 0 Å². The summed E-state index contributed by atoms with van der Waals surface area (Å²) in [5.74, 6) is -0.847. The van der Waals surface area contributed by atoms with E-state index < -0.39 is 11.6 Å². The molecule has 1 heterocycles. The molecule has 3 aromatic rings. The summed E-state index contributed by atoms with van der Waals surface area (Å²) in [4.78, 5) is 2.37. The van der Waals surface area contributed by atoms with E-state index in [9.17, 15) is 8.78 Å². The van der Waals surface area contributed by atoms with Crippen molar-refractivity contribution in [1.29, 1.82) is 0 Å². The number of rotatable bonds is 9. The first-order valence-corrected chi connectivity index (χ1v) is 11.2. The predicted octanol–water partition coefficient (Wildman–Crippen LogP) is 6.11. The number of aromatic nitrogens is 1. The van der Waals surface area contributed by atoms with Crippen LogP contribution in [0, 0.1) is 17.0 Å². The third kappa shape index (κ3) is 5.84. The number of hydrogen-bond acceptors (Lipinski definition) is 2. The molecule has 1 N–H and O–H groups in total. The van der Waals surface area contributed by atoms with Crippen LogP contribution in [0.3, 0.4) is 0 Å². The first-order chi connectivity index (χ1) is 15.2. The number of nitrogens with one attached hydrogen (secondary N) is 1. The number of nitrogens with zero attached hydrogens (tertiary/aromatic N) is 2. The molecule has 0 amide bonds. The Kier molecular flexibility index (Phi) is 7.86. The second kappa shape index (κ2) is 10.4. The van der Waals surface area contributed by atoms with Crippen molar-refractivity contribution in [3.05, 3.63) is 83.7 Å². The smallest absolute Gasteiger partial charge is 0.131 e. The van der Waals surface area contributed by atoms with E-state index in [2.05, 4.69) is 54.7 Å². The van der Waals surface area contributed by atoms with E-state index in [1.165, 1.54) is 17.7 Å². The summed E-state index contributed by atoms with van der Waals surface area (Å²) < 4.78 is 30.8. The molecule has 0 aliphatic rings. The van der Waals surface area contributed by atoms with Crippen LogP contribution in [0.5, 0.6) is 0 Å². The standard InChI is InChI=1S/C27H35F2N3/c1-27(2,3)26(31(5)15-9-14-30-4)25-16-21(23-17-22(28)12-13-24(23)29)19-32(25)18-20-10-7-6-8-11-20/h6-8,10-13,16-17,19,26,30H,9,14-15,18H2,1-5H3. The van der Waals surface area contributed by atoms with Crippen molar-refractivity contribution in [2.45, 2.75) is 39.8 Å². The third-order valence-corrected chi connectivity index (χ3v) is 5.84. The maximum atomic E-state index is 14.6. The largest absolute Gasteiger partial charge is 0.345 e. The van der Waals surface area contributed by atoms with Crippen molar-refractivity contribution in [1.82, 2.24) is 14.8 Å². The van der Waals surface area contributed by atoms with E-state index in [1.54, 1.807) is 0 Å². The molecule has 32 heavy (non-hydrogen) atoms. The van der Waals surface area contributed by atoms with Crippen LogP contribution in [0.2, 0.25) is 0 Å². The molecule has 0 saturated carbocycles. The quantitative estimate of drug-likeness (QED) is 0.406. The zero-order valence-corrected chi connectivity index (χ0v) is 19.8. The molecule has 0 bridgehead atoms. The lowest BCUT2D eigenvalue weighted by Gasteiger charge is -2.39. The SMILES string of the molecule is CNCCCN(C)C(c1cc(-c2cc(F)ccc2F)cn1Cc1ccccc1)C(C)(C)C. The lowest BCUT2D eigenvalue weighted by molar-refractivity contribution is 0.118. The van der Waals surface area contributed by atoms with Crippen LogP contribution in [0.25, 0.3) is 11.1 Å². The van der Waals surface area contributed by atoms with Crippen LogP contribution in [-0.2, 0) is 6.54 Å². The van der Waals surface area contributed by atoms with Crippen LogP contribution in [0.4, 0.5) is 8.78 Å². The molecule has 5 heteroatoms. The molecule has 0 aliphatic heterocycles. The van der Waals surface area contributed by atoms with Gasteiger partial charge in [0.2, 0.25) is 0 Å².